The summed E-state index contributed by atoms with van der Waals surface area (Å²) < 4.78 is 17.0. The first kappa shape index (κ1) is 24.5. The van der Waals surface area contributed by atoms with Crippen LogP contribution in [0.1, 0.15) is 49.8 Å². The average Bonchev–Trinajstić information content (AvgIpc) is 3.31. The van der Waals surface area contributed by atoms with Gasteiger partial charge >= 0.3 is 6.03 Å². The highest BCUT2D eigenvalue weighted by molar-refractivity contribution is 5.99. The molecule has 0 radical (unpaired) electrons. The lowest BCUT2D eigenvalue weighted by Crippen LogP contribution is -2.38. The predicted molar refractivity (Wildman–Crippen MR) is 141 cm³/mol. The van der Waals surface area contributed by atoms with Gasteiger partial charge in [0, 0.05) is 30.0 Å². The van der Waals surface area contributed by atoms with Crippen molar-refractivity contribution in [1.82, 2.24) is 4.90 Å². The van der Waals surface area contributed by atoms with E-state index in [4.69, 9.17) is 14.2 Å². The van der Waals surface area contributed by atoms with E-state index in [9.17, 15) is 9.59 Å². The second-order valence-corrected chi connectivity index (χ2v) is 9.57. The summed E-state index contributed by atoms with van der Waals surface area (Å²) in [5.74, 6) is 2.38. The summed E-state index contributed by atoms with van der Waals surface area (Å²) in [4.78, 5) is 27.7. The molecular formula is C29H31N3O5. The van der Waals surface area contributed by atoms with E-state index in [1.165, 1.54) is 5.56 Å². The average molecular weight is 502 g/mol. The summed E-state index contributed by atoms with van der Waals surface area (Å²) in [7, 11) is 0. The molecule has 0 aromatic heterocycles. The number of benzene rings is 3. The number of anilines is 2. The van der Waals surface area contributed by atoms with Crippen molar-refractivity contribution in [2.24, 2.45) is 0 Å². The molecule has 2 N–H and O–H groups in total. The zero-order valence-corrected chi connectivity index (χ0v) is 21.2. The number of hydrogen-bond donors (Lipinski definition) is 2. The van der Waals surface area contributed by atoms with Crippen molar-refractivity contribution < 1.29 is 23.8 Å². The van der Waals surface area contributed by atoms with Crippen LogP contribution in [0.3, 0.4) is 0 Å². The first-order chi connectivity index (χ1) is 17.9. The Morgan fingerprint density at radius 1 is 0.946 bits per heavy atom. The number of rotatable bonds is 6. The molecule has 1 atom stereocenters. The number of ether oxygens (including phenoxy) is 3. The number of carbonyl (C=O) groups excluding carboxylic acids is 2. The number of nitrogens with one attached hydrogen (secondary N) is 2. The number of urea groups is 1. The molecule has 2 aliphatic rings. The summed E-state index contributed by atoms with van der Waals surface area (Å²) in [6, 6.07) is 18.6. The third-order valence-electron chi connectivity index (χ3n) is 6.55. The number of nitrogens with zero attached hydrogens (tertiary/aromatic N) is 1. The van der Waals surface area contributed by atoms with Crippen LogP contribution >= 0.6 is 0 Å². The maximum atomic E-state index is 13.3. The molecule has 8 nitrogen and oxygen atoms in total. The van der Waals surface area contributed by atoms with Crippen LogP contribution in [0.2, 0.25) is 0 Å². The lowest BCUT2D eigenvalue weighted by atomic mass is 10.0. The van der Waals surface area contributed by atoms with Crippen LogP contribution in [0.4, 0.5) is 16.2 Å². The second kappa shape index (κ2) is 10.4. The zero-order chi connectivity index (χ0) is 25.9. The molecule has 3 aromatic carbocycles. The van der Waals surface area contributed by atoms with Crippen molar-refractivity contribution in [2.75, 3.05) is 17.4 Å². The van der Waals surface area contributed by atoms with E-state index in [0.29, 0.717) is 54.1 Å². The molecule has 0 bridgehead atoms. The minimum Gasteiger partial charge on any atom is -0.480 e. The lowest BCUT2D eigenvalue weighted by molar-refractivity contribution is -0.139. The summed E-state index contributed by atoms with van der Waals surface area (Å²) in [5, 5.41) is 5.75. The maximum absolute atomic E-state index is 13.3. The Bertz CT molecular complexity index is 1310. The monoisotopic (exact) mass is 501 g/mol. The van der Waals surface area contributed by atoms with Gasteiger partial charge in [-0.25, -0.2) is 4.79 Å². The van der Waals surface area contributed by atoms with Gasteiger partial charge in [0.25, 0.3) is 5.91 Å². The Morgan fingerprint density at radius 3 is 2.41 bits per heavy atom. The lowest BCUT2D eigenvalue weighted by Gasteiger charge is -2.23. The Balaban J connectivity index is 1.31. The molecule has 0 saturated heterocycles. The highest BCUT2D eigenvalue weighted by atomic mass is 16.7. The van der Waals surface area contributed by atoms with Gasteiger partial charge < -0.3 is 29.7 Å². The molecule has 3 amide bonds. The molecule has 8 heteroatoms. The van der Waals surface area contributed by atoms with Gasteiger partial charge in [-0.1, -0.05) is 39.0 Å². The Labute approximate surface area is 216 Å². The van der Waals surface area contributed by atoms with Crippen LogP contribution in [-0.2, 0) is 17.9 Å². The third kappa shape index (κ3) is 5.48. The smallest absolute Gasteiger partial charge is 0.323 e. The molecule has 0 spiro atoms. The van der Waals surface area contributed by atoms with Crippen molar-refractivity contribution >= 4 is 23.3 Å². The minimum absolute atomic E-state index is 0.0755. The van der Waals surface area contributed by atoms with Crippen molar-refractivity contribution in [1.29, 1.82) is 0 Å². The minimum atomic E-state index is -0.578. The van der Waals surface area contributed by atoms with E-state index in [1.807, 2.05) is 61.5 Å². The van der Waals surface area contributed by atoms with Gasteiger partial charge in [-0.05, 0) is 65.9 Å². The van der Waals surface area contributed by atoms with Crippen molar-refractivity contribution in [3.63, 3.8) is 0 Å². The van der Waals surface area contributed by atoms with Gasteiger partial charge in [0.15, 0.2) is 17.6 Å². The predicted octanol–water partition coefficient (Wildman–Crippen LogP) is 5.88. The standard InChI is InChI=1S/C29H31N3O5/c1-4-24-28(33)32(15-19-5-11-26-27(13-19)36-17-35-26)16-21-14-23(10-12-25(21)37-24)31-29(34)30-22-8-6-20(7-9-22)18(2)3/h5-14,18,24H,4,15-17H2,1-3H3,(H2,30,31,34). The molecule has 192 valence electrons. The normalized spacial score (nSPS) is 16.2. The molecule has 2 aliphatic heterocycles. The molecule has 3 aromatic rings. The van der Waals surface area contributed by atoms with Gasteiger partial charge in [-0.2, -0.15) is 0 Å². The molecule has 1 unspecified atom stereocenters. The summed E-state index contributed by atoms with van der Waals surface area (Å²) >= 11 is 0. The molecule has 0 saturated carbocycles. The fourth-order valence-corrected chi connectivity index (χ4v) is 4.48. The maximum Gasteiger partial charge on any atom is 0.323 e. The number of carbonyl (C=O) groups is 2. The van der Waals surface area contributed by atoms with E-state index in [2.05, 4.69) is 24.5 Å². The SMILES string of the molecule is CCC1Oc2ccc(NC(=O)Nc3ccc(C(C)C)cc3)cc2CN(Cc2ccc3c(c2)OCO3)C1=O. The van der Waals surface area contributed by atoms with Crippen LogP contribution in [0.15, 0.2) is 60.7 Å². The van der Waals surface area contributed by atoms with E-state index in [-0.39, 0.29) is 18.7 Å². The van der Waals surface area contributed by atoms with Crippen LogP contribution in [-0.4, -0.2) is 29.7 Å². The molecule has 0 fully saturated rings. The molecule has 37 heavy (non-hydrogen) atoms. The van der Waals surface area contributed by atoms with Gasteiger partial charge in [0.2, 0.25) is 6.79 Å². The fraction of sp³-hybridized carbons (Fsp3) is 0.310. The summed E-state index contributed by atoms with van der Waals surface area (Å²) in [5.41, 5.74) is 4.30. The van der Waals surface area contributed by atoms with Crippen LogP contribution < -0.4 is 24.8 Å². The molecule has 0 aliphatic carbocycles. The Morgan fingerprint density at radius 2 is 1.65 bits per heavy atom. The highest BCUT2D eigenvalue weighted by Gasteiger charge is 2.30. The van der Waals surface area contributed by atoms with Crippen molar-refractivity contribution in [2.45, 2.75) is 52.3 Å². The second-order valence-electron chi connectivity index (χ2n) is 9.57. The number of amides is 3. The van der Waals surface area contributed by atoms with E-state index >= 15 is 0 Å². The van der Waals surface area contributed by atoms with E-state index < -0.39 is 6.10 Å². The molecule has 2 heterocycles. The van der Waals surface area contributed by atoms with Crippen LogP contribution in [0.5, 0.6) is 17.2 Å². The van der Waals surface area contributed by atoms with Gasteiger partial charge in [0.05, 0.1) is 0 Å². The first-order valence-corrected chi connectivity index (χ1v) is 12.5. The number of hydrogen-bond acceptors (Lipinski definition) is 5. The van der Waals surface area contributed by atoms with Crippen LogP contribution in [0.25, 0.3) is 0 Å². The quantitative estimate of drug-likeness (QED) is 0.440. The van der Waals surface area contributed by atoms with Gasteiger partial charge in [-0.15, -0.1) is 0 Å². The van der Waals surface area contributed by atoms with Gasteiger partial charge in [0.1, 0.15) is 5.75 Å². The molecular weight excluding hydrogens is 470 g/mol. The zero-order valence-electron chi connectivity index (χ0n) is 21.2. The van der Waals surface area contributed by atoms with Crippen molar-refractivity contribution in [3.05, 3.63) is 77.4 Å². The largest absolute Gasteiger partial charge is 0.480 e. The Hall–Kier alpha value is -4.20. The topological polar surface area (TPSA) is 89.1 Å². The van der Waals surface area contributed by atoms with Crippen molar-refractivity contribution in [3.8, 4) is 17.2 Å². The van der Waals surface area contributed by atoms with E-state index in [1.54, 1.807) is 11.0 Å². The summed E-state index contributed by atoms with van der Waals surface area (Å²) in [6.45, 7) is 7.15. The fourth-order valence-electron chi connectivity index (χ4n) is 4.48. The van der Waals surface area contributed by atoms with E-state index in [0.717, 1.165) is 11.1 Å². The highest BCUT2D eigenvalue weighted by Crippen LogP contribution is 2.34. The molecule has 5 rings (SSSR count). The van der Waals surface area contributed by atoms with Gasteiger partial charge in [-0.3, -0.25) is 4.79 Å². The van der Waals surface area contributed by atoms with Crippen LogP contribution in [0, 0.1) is 0 Å². The summed E-state index contributed by atoms with van der Waals surface area (Å²) in [6.07, 6.45) is -0.0281. The first-order valence-electron chi connectivity index (χ1n) is 12.5. The Kier molecular flexibility index (Phi) is 6.90. The number of fused-ring (bicyclic) bond motifs is 2. The third-order valence-corrected chi connectivity index (χ3v) is 6.55.